The molecule has 5 aromatic rings. The number of aryl methyl sites for hydroxylation is 1. The maximum Gasteiger partial charge on any atom is 0.328 e. The quantitative estimate of drug-likeness (QED) is 0.0407. The number of anilines is 1. The van der Waals surface area contributed by atoms with Crippen molar-refractivity contribution in [3.63, 3.8) is 0 Å². The van der Waals surface area contributed by atoms with Crippen LogP contribution in [0.2, 0.25) is 0 Å². The van der Waals surface area contributed by atoms with Crippen LogP contribution in [-0.2, 0) is 24.3 Å². The first-order chi connectivity index (χ1) is 57.0. The summed E-state index contributed by atoms with van der Waals surface area (Å²) in [5.74, 6) is 9.62. The number of aromatic amines is 4. The number of nitrogens with one attached hydrogen (secondary N) is 13. The number of rotatable bonds is 12. The van der Waals surface area contributed by atoms with Gasteiger partial charge in [-0.25, -0.2) is 24.6 Å². The van der Waals surface area contributed by atoms with E-state index >= 15 is 0 Å². The topological polar surface area (TPSA) is 388 Å². The lowest BCUT2D eigenvalue weighted by molar-refractivity contribution is -0.116. The number of aromatic nitrogens is 8. The van der Waals surface area contributed by atoms with Gasteiger partial charge < -0.3 is 67.4 Å². The summed E-state index contributed by atoms with van der Waals surface area (Å²) in [6, 6.07) is 5.17. The van der Waals surface area contributed by atoms with Crippen molar-refractivity contribution in [2.75, 3.05) is 18.4 Å². The summed E-state index contributed by atoms with van der Waals surface area (Å²) >= 11 is 3.31. The zero-order valence-corrected chi connectivity index (χ0v) is 80.5. The lowest BCUT2D eigenvalue weighted by atomic mass is 9.82. The molecular formula is C93H145BrN22O7. The van der Waals surface area contributed by atoms with Gasteiger partial charge in [0.25, 0.3) is 11.5 Å². The normalized spacial score (nSPS) is 15.7. The summed E-state index contributed by atoms with van der Waals surface area (Å²) in [6.07, 6.45) is 21.7. The number of amides is 1. The van der Waals surface area contributed by atoms with Crippen LogP contribution in [0, 0.1) is 35.5 Å². The van der Waals surface area contributed by atoms with Crippen molar-refractivity contribution in [3.05, 3.63) is 272 Å². The number of hydrogen-bond acceptors (Lipinski definition) is 22. The third-order valence-electron chi connectivity index (χ3n) is 17.8. The highest BCUT2D eigenvalue weighted by Gasteiger charge is 2.31. The van der Waals surface area contributed by atoms with Gasteiger partial charge in [-0.05, 0) is 116 Å². The molecule has 1 aromatic carbocycles. The van der Waals surface area contributed by atoms with Gasteiger partial charge in [-0.15, -0.1) is 0 Å². The van der Waals surface area contributed by atoms with Gasteiger partial charge in [0.15, 0.2) is 5.43 Å². The van der Waals surface area contributed by atoms with Crippen molar-refractivity contribution in [1.29, 1.82) is 0 Å². The first-order valence-electron chi connectivity index (χ1n) is 41.7. The molecule has 12 rings (SSSR count). The van der Waals surface area contributed by atoms with Crippen LogP contribution < -0.4 is 81.1 Å². The number of nitrogens with zero attached hydrogens (tertiary/aromatic N) is 9. The molecule has 0 fully saturated rings. The molecule has 0 bridgehead atoms. The van der Waals surface area contributed by atoms with Crippen LogP contribution in [-0.4, -0.2) is 99.4 Å². The highest BCUT2D eigenvalue weighted by atomic mass is 79.9. The van der Waals surface area contributed by atoms with Gasteiger partial charge in [-0.1, -0.05) is 205 Å². The average Bonchev–Trinajstić information content (AvgIpc) is 1.57. The summed E-state index contributed by atoms with van der Waals surface area (Å²) in [6.45, 7) is 81.6. The maximum absolute atomic E-state index is 11.2. The molecule has 7 aliphatic rings. The van der Waals surface area contributed by atoms with Crippen molar-refractivity contribution in [2.24, 2.45) is 74.6 Å². The van der Waals surface area contributed by atoms with Crippen LogP contribution in [0.4, 0.5) is 5.69 Å². The number of halogens is 1. The average molecular weight is 1760 g/mol. The monoisotopic (exact) mass is 1760 g/mol. The van der Waals surface area contributed by atoms with E-state index in [-0.39, 0.29) is 56.0 Å². The summed E-state index contributed by atoms with van der Waals surface area (Å²) in [5.41, 5.74) is 10.1. The minimum absolute atomic E-state index is 0.0382. The van der Waals surface area contributed by atoms with Crippen LogP contribution in [0.5, 0.6) is 0 Å². The molecule has 1 unspecified atom stereocenters. The Morgan fingerprint density at radius 2 is 1.17 bits per heavy atom. The molecule has 1 atom stereocenters. The molecule has 0 spiro atoms. The number of imidazole rings is 1. The molecule has 4 aromatic heterocycles. The fraction of sp³-hybridized carbons (Fsp3) is 0.484. The van der Waals surface area contributed by atoms with E-state index in [1.54, 1.807) is 42.4 Å². The van der Waals surface area contributed by atoms with Gasteiger partial charge in [-0.3, -0.25) is 48.6 Å². The molecule has 1 amide bonds. The standard InChI is InChI=1S/C10H15NO2.C9H16N2.C9H13N.C8H11BrN2.C8H12N2O2.C8H12N2O.2C8H12N2.C8H11NO.C7H12N2O.C5H9N3.C5H10N2/c1-5-11-7-6(10(2,3)4)8(12)9(7)13;1-6(2)8-10-7(3)9(4,5)11-8;1-7(2)9-6-4-5-8(3)10-9;1-5(2)8-10-6(3)4-7(9)11-8;1-5(2)6-4-7(11)10(3)8(12)9-6;1-5(2)7-4-8(11)10-6(3)9-7;1-6(2)8-5-9-4-7(3)10-8;1-6(2)8-9-5-4-7(3)10-8;1-6(2)8-5-7(10)3-4-9-8;1-5(2)6-4-9(3)7(10)8-6;1-4(2)5-6-3-7-8-5;1-4-3-6-5(2)7-4/h11H,5H2,1-4H3;6H,3H2,1-2,4-5H3,(H,10,11);4-7,10H,3H2,1-2H3;4-5H,3H2,1-2H3,(H,10,11);4-5H,1-3H3,(H,9,12);4-5,9H,3H2,1-2H3,(H,10,11);4-6,10H,3H2,1-2H3;4-6H,3H2,1-2H3,(H,9,10);3-6H,1-2H3,(H,9,10);4-5H,1-3H3,(H,8,10);3-4H,1-2H3,(H,6,7,8);4H,3H2,1-2H3,(H,6,7). The first-order valence-corrected chi connectivity index (χ1v) is 42.5. The van der Waals surface area contributed by atoms with E-state index in [1.165, 1.54) is 31.2 Å². The van der Waals surface area contributed by atoms with E-state index in [0.29, 0.717) is 88.6 Å². The summed E-state index contributed by atoms with van der Waals surface area (Å²) in [7, 11) is 3.19. The molecule has 123 heavy (non-hydrogen) atoms. The summed E-state index contributed by atoms with van der Waals surface area (Å²) < 4.78 is 3.44. The fourth-order valence-corrected chi connectivity index (χ4v) is 10.6. The van der Waals surface area contributed by atoms with E-state index in [9.17, 15) is 33.6 Å². The number of H-pyrrole nitrogens is 4. The van der Waals surface area contributed by atoms with Crippen LogP contribution in [0.15, 0.2) is 235 Å². The van der Waals surface area contributed by atoms with E-state index in [2.05, 4.69) is 268 Å². The Kier molecular flexibility index (Phi) is 47.5. The van der Waals surface area contributed by atoms with Crippen LogP contribution >= 0.6 is 15.9 Å². The number of amidine groups is 4. The molecule has 29 nitrogen and oxygen atoms in total. The number of carbonyl (C=O) groups is 1. The smallest absolute Gasteiger partial charge is 0.328 e. The van der Waals surface area contributed by atoms with Gasteiger partial charge in [0, 0.05) is 174 Å². The van der Waals surface area contributed by atoms with Crippen LogP contribution in [0.3, 0.4) is 0 Å². The lowest BCUT2D eigenvalue weighted by Crippen LogP contribution is -2.43. The molecule has 30 heteroatoms. The predicted molar refractivity (Wildman–Crippen MR) is 518 cm³/mol. The number of carbonyl (C=O) groups excluding carboxylic acids is 1. The minimum Gasteiger partial charge on any atom is -0.382 e. The second-order valence-electron chi connectivity index (χ2n) is 34.2. The van der Waals surface area contributed by atoms with Crippen molar-refractivity contribution < 1.29 is 4.79 Å². The molecule has 7 aliphatic heterocycles. The Labute approximate surface area is 738 Å². The maximum atomic E-state index is 11.2. The van der Waals surface area contributed by atoms with Crippen molar-refractivity contribution in [1.82, 2.24) is 81.8 Å². The number of hydrogen-bond donors (Lipinski definition) is 13. The second kappa shape index (κ2) is 53.4. The molecule has 676 valence electrons. The van der Waals surface area contributed by atoms with E-state index in [0.717, 1.165) is 96.2 Å². The molecule has 0 radical (unpaired) electrons. The zero-order chi connectivity index (χ0) is 94.3. The predicted octanol–water partition coefficient (Wildman–Crippen LogP) is 15.5. The number of dihydropyridines is 1. The second-order valence-corrected chi connectivity index (χ2v) is 35.0. The molecule has 11 heterocycles. The molecule has 0 saturated carbocycles. The SMILES string of the molecule is C=C1C=C(Br)N=C(C(C)C)N1.C=C1C=CC=C(C(C)C)N1.C=C1C=CN=C(C(C)C)N1.C=C1C=NC=C(C(C)C)N1.C=C1NC(=O)C=C(C(C)C)N1.C=C1NC(C(C)C)=NC1(C)C.CC(C)c1cc(=O)cc[nH]1.CC(C)c1cc(=O)n(C)c(=O)[nH]1.CC(C)c1cn(C)c(=O)[nH]1.CC(C)c1ncn[nH]1.CC1=NCC(C)N1.CCNc1c(C(C)(C)C)c(=O)c1=O. The zero-order valence-electron chi connectivity index (χ0n) is 78.9. The van der Waals surface area contributed by atoms with Crippen molar-refractivity contribution in [3.8, 4) is 0 Å². The largest absolute Gasteiger partial charge is 0.382 e. The lowest BCUT2D eigenvalue weighted by Gasteiger charge is -2.23. The van der Waals surface area contributed by atoms with Gasteiger partial charge in [0.2, 0.25) is 10.9 Å². The summed E-state index contributed by atoms with van der Waals surface area (Å²) in [5, 5.41) is 33.8. The number of allylic oxidation sites excluding steroid dienone is 9. The third-order valence-corrected chi connectivity index (χ3v) is 18.2. The minimum atomic E-state index is -0.369. The first kappa shape index (κ1) is 109. The third kappa shape index (κ3) is 41.7. The number of pyridine rings is 1. The van der Waals surface area contributed by atoms with Gasteiger partial charge in [-0.2, -0.15) is 5.10 Å². The Bertz CT molecular complexity index is 4870. The van der Waals surface area contributed by atoms with Gasteiger partial charge in [0.05, 0.1) is 23.6 Å². The van der Waals surface area contributed by atoms with Crippen LogP contribution in [0.1, 0.15) is 246 Å². The Hall–Kier alpha value is -11.6. The highest BCUT2D eigenvalue weighted by Crippen LogP contribution is 2.26. The molecule has 0 aliphatic carbocycles. The summed E-state index contributed by atoms with van der Waals surface area (Å²) in [4.78, 5) is 110. The molecular weight excluding hydrogens is 1620 g/mol. The highest BCUT2D eigenvalue weighted by molar-refractivity contribution is 9.11. The Balaban J connectivity index is 0.000000672. The van der Waals surface area contributed by atoms with Gasteiger partial charge >= 0.3 is 11.4 Å². The Morgan fingerprint density at radius 1 is 0.610 bits per heavy atom. The fourth-order valence-electron chi connectivity index (χ4n) is 10.2. The van der Waals surface area contributed by atoms with Crippen molar-refractivity contribution >= 4 is 57.1 Å². The molecule has 0 saturated heterocycles. The van der Waals surface area contributed by atoms with Crippen molar-refractivity contribution in [2.45, 2.75) is 235 Å². The van der Waals surface area contributed by atoms with E-state index < -0.39 is 0 Å². The van der Waals surface area contributed by atoms with E-state index in [4.69, 9.17) is 0 Å². The molecule has 13 N–H and O–H groups in total. The van der Waals surface area contributed by atoms with Crippen LogP contribution in [0.25, 0.3) is 0 Å². The Morgan fingerprint density at radius 3 is 1.52 bits per heavy atom. The van der Waals surface area contributed by atoms with E-state index in [1.807, 2.05) is 127 Å². The number of aliphatic imine (C=N–C) groups is 5. The van der Waals surface area contributed by atoms with Gasteiger partial charge in [0.1, 0.15) is 40.1 Å².